The van der Waals surface area contributed by atoms with Gasteiger partial charge in [0, 0.05) is 11.9 Å². The zero-order chi connectivity index (χ0) is 9.72. The smallest absolute Gasteiger partial charge is 0.0312 e. The molecule has 0 aromatic rings. The van der Waals surface area contributed by atoms with Crippen molar-refractivity contribution in [1.29, 1.82) is 10.8 Å². The standard InChI is InChI=1S/C10H16N2/c1-7(2)10(6-11)5-8(3)9(4)12/h5-6,11-12H,1-4H3/b8-5-,11-6?,12-9?. The van der Waals surface area contributed by atoms with Crippen molar-refractivity contribution >= 4 is 11.9 Å². The van der Waals surface area contributed by atoms with Gasteiger partial charge in [0.05, 0.1) is 0 Å². The van der Waals surface area contributed by atoms with Crippen LogP contribution >= 0.6 is 0 Å². The summed E-state index contributed by atoms with van der Waals surface area (Å²) in [5.74, 6) is 0. The number of nitrogens with one attached hydrogen (secondary N) is 2. The summed E-state index contributed by atoms with van der Waals surface area (Å²) in [7, 11) is 0. The van der Waals surface area contributed by atoms with Crippen molar-refractivity contribution in [3.63, 3.8) is 0 Å². The average molecular weight is 164 g/mol. The van der Waals surface area contributed by atoms with Crippen LogP contribution in [-0.4, -0.2) is 11.9 Å². The van der Waals surface area contributed by atoms with Crippen LogP contribution in [0.4, 0.5) is 0 Å². The Morgan fingerprint density at radius 3 is 1.83 bits per heavy atom. The molecule has 66 valence electrons. The van der Waals surface area contributed by atoms with Crippen molar-refractivity contribution in [3.8, 4) is 0 Å². The van der Waals surface area contributed by atoms with Crippen molar-refractivity contribution in [1.82, 2.24) is 0 Å². The van der Waals surface area contributed by atoms with Crippen LogP contribution in [0.15, 0.2) is 22.8 Å². The lowest BCUT2D eigenvalue weighted by Gasteiger charge is -2.00. The minimum absolute atomic E-state index is 0.551. The van der Waals surface area contributed by atoms with Gasteiger partial charge < -0.3 is 10.8 Å². The van der Waals surface area contributed by atoms with E-state index in [1.165, 1.54) is 6.21 Å². The highest BCUT2D eigenvalue weighted by Gasteiger charge is 1.95. The van der Waals surface area contributed by atoms with Gasteiger partial charge in [0.25, 0.3) is 0 Å². The second-order valence-corrected chi connectivity index (χ2v) is 3.05. The van der Waals surface area contributed by atoms with Gasteiger partial charge in [-0.15, -0.1) is 0 Å². The number of allylic oxidation sites excluding steroid dienone is 4. The van der Waals surface area contributed by atoms with Crippen LogP contribution < -0.4 is 0 Å². The maximum atomic E-state index is 7.34. The molecule has 0 radical (unpaired) electrons. The Labute approximate surface area is 74.0 Å². The van der Waals surface area contributed by atoms with Crippen molar-refractivity contribution < 1.29 is 0 Å². The summed E-state index contributed by atoms with van der Waals surface area (Å²) in [4.78, 5) is 0. The van der Waals surface area contributed by atoms with Gasteiger partial charge in [0.1, 0.15) is 0 Å². The van der Waals surface area contributed by atoms with Crippen molar-refractivity contribution in [3.05, 3.63) is 22.8 Å². The molecule has 0 atom stereocenters. The quantitative estimate of drug-likeness (QED) is 0.476. The van der Waals surface area contributed by atoms with Crippen LogP contribution in [0.2, 0.25) is 0 Å². The molecule has 2 nitrogen and oxygen atoms in total. The fraction of sp³-hybridized carbons (Fsp3) is 0.400. The number of hydrogen-bond acceptors (Lipinski definition) is 2. The van der Waals surface area contributed by atoms with E-state index >= 15 is 0 Å². The van der Waals surface area contributed by atoms with E-state index in [-0.39, 0.29) is 0 Å². The molecule has 0 spiro atoms. The summed E-state index contributed by atoms with van der Waals surface area (Å²) in [6, 6.07) is 0. The lowest BCUT2D eigenvalue weighted by molar-refractivity contribution is 1.34. The van der Waals surface area contributed by atoms with Gasteiger partial charge in [-0.25, -0.2) is 0 Å². The minimum atomic E-state index is 0.551. The van der Waals surface area contributed by atoms with Gasteiger partial charge in [0.15, 0.2) is 0 Å². The summed E-state index contributed by atoms with van der Waals surface area (Å²) in [6.07, 6.45) is 3.19. The van der Waals surface area contributed by atoms with Crippen LogP contribution in [0.3, 0.4) is 0 Å². The molecular weight excluding hydrogens is 148 g/mol. The SMILES string of the molecule is CC(=N)/C(C)=C\C(C=N)=C(C)C. The van der Waals surface area contributed by atoms with Crippen molar-refractivity contribution in [2.24, 2.45) is 0 Å². The van der Waals surface area contributed by atoms with Crippen LogP contribution in [0.1, 0.15) is 27.7 Å². The van der Waals surface area contributed by atoms with E-state index in [0.717, 1.165) is 16.7 Å². The van der Waals surface area contributed by atoms with Crippen LogP contribution in [-0.2, 0) is 0 Å². The Hall–Kier alpha value is -1.18. The maximum Gasteiger partial charge on any atom is 0.0312 e. The summed E-state index contributed by atoms with van der Waals surface area (Å²) >= 11 is 0. The summed E-state index contributed by atoms with van der Waals surface area (Å²) in [5, 5.41) is 14.5. The molecule has 0 saturated heterocycles. The second-order valence-electron chi connectivity index (χ2n) is 3.05. The lowest BCUT2D eigenvalue weighted by Crippen LogP contribution is -1.92. The Bertz CT molecular complexity index is 253. The zero-order valence-electron chi connectivity index (χ0n) is 8.15. The molecule has 0 aliphatic heterocycles. The third-order valence-corrected chi connectivity index (χ3v) is 1.70. The molecular formula is C10H16N2. The first-order valence-corrected chi connectivity index (χ1v) is 3.90. The van der Waals surface area contributed by atoms with Gasteiger partial charge in [0.2, 0.25) is 0 Å². The molecule has 0 amide bonds. The highest BCUT2D eigenvalue weighted by atomic mass is 14.4. The predicted molar refractivity (Wildman–Crippen MR) is 54.3 cm³/mol. The van der Waals surface area contributed by atoms with E-state index in [9.17, 15) is 0 Å². The Morgan fingerprint density at radius 2 is 1.58 bits per heavy atom. The molecule has 0 saturated carbocycles. The number of rotatable bonds is 3. The summed E-state index contributed by atoms with van der Waals surface area (Å²) in [5.41, 5.74) is 3.45. The third-order valence-electron chi connectivity index (χ3n) is 1.70. The molecule has 2 heteroatoms. The predicted octanol–water partition coefficient (Wildman–Crippen LogP) is 2.96. The van der Waals surface area contributed by atoms with Crippen LogP contribution in [0.5, 0.6) is 0 Å². The van der Waals surface area contributed by atoms with E-state index in [1.807, 2.05) is 26.8 Å². The summed E-state index contributed by atoms with van der Waals surface area (Å²) in [6.45, 7) is 7.56. The normalized spacial score (nSPS) is 10.8. The topological polar surface area (TPSA) is 47.7 Å². The van der Waals surface area contributed by atoms with Crippen LogP contribution in [0, 0.1) is 10.8 Å². The zero-order valence-corrected chi connectivity index (χ0v) is 8.15. The maximum absolute atomic E-state index is 7.34. The van der Waals surface area contributed by atoms with E-state index in [2.05, 4.69) is 0 Å². The summed E-state index contributed by atoms with van der Waals surface area (Å²) < 4.78 is 0. The monoisotopic (exact) mass is 164 g/mol. The van der Waals surface area contributed by atoms with Crippen molar-refractivity contribution in [2.45, 2.75) is 27.7 Å². The first kappa shape index (κ1) is 10.8. The molecule has 0 aromatic carbocycles. The van der Waals surface area contributed by atoms with Crippen LogP contribution in [0.25, 0.3) is 0 Å². The Kier molecular flexibility index (Phi) is 4.19. The fourth-order valence-corrected chi connectivity index (χ4v) is 0.672. The van der Waals surface area contributed by atoms with Gasteiger partial charge in [-0.3, -0.25) is 0 Å². The molecule has 12 heavy (non-hydrogen) atoms. The van der Waals surface area contributed by atoms with Gasteiger partial charge >= 0.3 is 0 Å². The van der Waals surface area contributed by atoms with E-state index in [1.54, 1.807) is 6.92 Å². The van der Waals surface area contributed by atoms with Gasteiger partial charge in [-0.1, -0.05) is 5.57 Å². The molecule has 0 rings (SSSR count). The molecule has 0 aromatic heterocycles. The van der Waals surface area contributed by atoms with E-state index in [0.29, 0.717) is 5.71 Å². The van der Waals surface area contributed by atoms with Gasteiger partial charge in [-0.05, 0) is 44.9 Å². The Balaban J connectivity index is 4.84. The average Bonchev–Trinajstić information content (AvgIpc) is 1.98. The molecule has 0 aliphatic carbocycles. The molecule has 0 bridgehead atoms. The Morgan fingerprint density at radius 1 is 1.08 bits per heavy atom. The lowest BCUT2D eigenvalue weighted by atomic mass is 10.1. The minimum Gasteiger partial charge on any atom is -0.308 e. The largest absolute Gasteiger partial charge is 0.308 e. The van der Waals surface area contributed by atoms with E-state index < -0.39 is 0 Å². The molecule has 2 N–H and O–H groups in total. The molecule has 0 heterocycles. The van der Waals surface area contributed by atoms with E-state index in [4.69, 9.17) is 10.8 Å². The molecule has 0 aliphatic rings. The molecule has 0 unspecified atom stereocenters. The molecule has 0 fully saturated rings. The first-order chi connectivity index (χ1) is 5.49. The second kappa shape index (κ2) is 4.65. The number of hydrogen-bond donors (Lipinski definition) is 2. The van der Waals surface area contributed by atoms with Gasteiger partial charge in [-0.2, -0.15) is 0 Å². The third kappa shape index (κ3) is 3.28. The van der Waals surface area contributed by atoms with Crippen molar-refractivity contribution in [2.75, 3.05) is 0 Å². The highest BCUT2D eigenvalue weighted by Crippen LogP contribution is 2.06. The first-order valence-electron chi connectivity index (χ1n) is 3.90. The highest BCUT2D eigenvalue weighted by molar-refractivity contribution is 5.97. The fourth-order valence-electron chi connectivity index (χ4n) is 0.672.